The molecule has 0 saturated heterocycles. The number of halogens is 4. The lowest BCUT2D eigenvalue weighted by molar-refractivity contribution is -0.0885. The highest BCUT2D eigenvalue weighted by atomic mass is 19.4. The van der Waals surface area contributed by atoms with Gasteiger partial charge in [-0.15, -0.1) is 0 Å². The summed E-state index contributed by atoms with van der Waals surface area (Å²) in [4.78, 5) is 14.6. The van der Waals surface area contributed by atoms with Gasteiger partial charge in [-0.05, 0) is 12.1 Å². The molecule has 0 N–H and O–H groups in total. The molecule has 17 heavy (non-hydrogen) atoms. The van der Waals surface area contributed by atoms with Crippen molar-refractivity contribution >= 4 is 16.7 Å². The van der Waals surface area contributed by atoms with Crippen molar-refractivity contribution in [2.24, 2.45) is 0 Å². The SMILES string of the molecule is O=C(c1ccc2cc(F)cnc2c1)C(F)(F)F. The van der Waals surface area contributed by atoms with Crippen LogP contribution in [0.25, 0.3) is 10.9 Å². The monoisotopic (exact) mass is 243 g/mol. The van der Waals surface area contributed by atoms with Crippen LogP contribution in [-0.2, 0) is 0 Å². The predicted molar refractivity (Wildman–Crippen MR) is 52.1 cm³/mol. The van der Waals surface area contributed by atoms with Gasteiger partial charge in [-0.25, -0.2) is 4.39 Å². The molecule has 2 aromatic rings. The summed E-state index contributed by atoms with van der Waals surface area (Å²) in [6.45, 7) is 0. The Bertz CT molecular complexity index is 592. The predicted octanol–water partition coefficient (Wildman–Crippen LogP) is 3.12. The highest BCUT2D eigenvalue weighted by Crippen LogP contribution is 2.23. The van der Waals surface area contributed by atoms with E-state index in [0.29, 0.717) is 5.39 Å². The van der Waals surface area contributed by atoms with E-state index in [1.54, 1.807) is 0 Å². The van der Waals surface area contributed by atoms with E-state index >= 15 is 0 Å². The summed E-state index contributed by atoms with van der Waals surface area (Å²) in [5, 5.41) is 0.337. The lowest BCUT2D eigenvalue weighted by atomic mass is 10.1. The van der Waals surface area contributed by atoms with E-state index in [-0.39, 0.29) is 5.52 Å². The van der Waals surface area contributed by atoms with E-state index in [1.807, 2.05) is 0 Å². The molecule has 2 nitrogen and oxygen atoms in total. The maximum absolute atomic E-state index is 12.8. The fraction of sp³-hybridized carbons (Fsp3) is 0.0909. The number of hydrogen-bond acceptors (Lipinski definition) is 2. The maximum Gasteiger partial charge on any atom is 0.454 e. The Morgan fingerprint density at radius 3 is 2.53 bits per heavy atom. The Hall–Kier alpha value is -1.98. The molecule has 1 heterocycles. The van der Waals surface area contributed by atoms with Crippen LogP contribution in [0, 0.1) is 5.82 Å². The van der Waals surface area contributed by atoms with Gasteiger partial charge in [-0.2, -0.15) is 13.2 Å². The second kappa shape index (κ2) is 3.80. The molecule has 88 valence electrons. The molecule has 0 aliphatic rings. The number of carbonyl (C=O) groups is 1. The number of aromatic nitrogens is 1. The summed E-state index contributed by atoms with van der Waals surface area (Å²) >= 11 is 0. The molecule has 0 fully saturated rings. The molecule has 0 radical (unpaired) electrons. The Balaban J connectivity index is 2.52. The first-order valence-corrected chi connectivity index (χ1v) is 4.55. The standard InChI is InChI=1S/C11H5F4NO/c12-8-3-6-1-2-7(4-9(6)16-5-8)10(17)11(13,14)15/h1-5H. The van der Waals surface area contributed by atoms with E-state index in [0.717, 1.165) is 24.4 Å². The number of fused-ring (bicyclic) bond motifs is 1. The van der Waals surface area contributed by atoms with Crippen molar-refractivity contribution in [3.8, 4) is 0 Å². The molecule has 2 rings (SSSR count). The number of carbonyl (C=O) groups excluding carboxylic acids is 1. The highest BCUT2D eigenvalue weighted by Gasteiger charge is 2.39. The molecule has 0 unspecified atom stereocenters. The third kappa shape index (κ3) is 2.25. The first-order valence-electron chi connectivity index (χ1n) is 4.55. The first-order chi connectivity index (χ1) is 7.88. The van der Waals surface area contributed by atoms with Gasteiger partial charge >= 0.3 is 6.18 Å². The summed E-state index contributed by atoms with van der Waals surface area (Å²) in [6, 6.07) is 4.35. The second-order valence-electron chi connectivity index (χ2n) is 3.39. The van der Waals surface area contributed by atoms with E-state index in [1.165, 1.54) is 6.07 Å². The summed E-state index contributed by atoms with van der Waals surface area (Å²) < 4.78 is 49.3. The summed E-state index contributed by atoms with van der Waals surface area (Å²) in [5.41, 5.74) is -0.370. The molecule has 0 amide bonds. The number of pyridine rings is 1. The van der Waals surface area contributed by atoms with Gasteiger partial charge in [0.15, 0.2) is 0 Å². The van der Waals surface area contributed by atoms with Gasteiger partial charge in [0, 0.05) is 10.9 Å². The minimum Gasteiger partial charge on any atom is -0.284 e. The fourth-order valence-corrected chi connectivity index (χ4v) is 1.40. The van der Waals surface area contributed by atoms with Crippen LogP contribution in [0.3, 0.4) is 0 Å². The van der Waals surface area contributed by atoms with E-state index in [4.69, 9.17) is 0 Å². The van der Waals surface area contributed by atoms with E-state index < -0.39 is 23.3 Å². The average Bonchev–Trinajstić information content (AvgIpc) is 2.26. The number of alkyl halides is 3. The molecular formula is C11H5F4NO. The van der Waals surface area contributed by atoms with Crippen LogP contribution < -0.4 is 0 Å². The zero-order valence-corrected chi connectivity index (χ0v) is 8.25. The van der Waals surface area contributed by atoms with Gasteiger partial charge in [0.25, 0.3) is 5.78 Å². The number of nitrogens with zero attached hydrogens (tertiary/aromatic N) is 1. The summed E-state index contributed by atoms with van der Waals surface area (Å²) in [5.74, 6) is -2.53. The van der Waals surface area contributed by atoms with Crippen LogP contribution in [0.4, 0.5) is 17.6 Å². The van der Waals surface area contributed by atoms with Gasteiger partial charge in [-0.3, -0.25) is 9.78 Å². The van der Waals surface area contributed by atoms with Crippen LogP contribution in [0.15, 0.2) is 30.5 Å². The van der Waals surface area contributed by atoms with Gasteiger partial charge in [0.1, 0.15) is 5.82 Å². The van der Waals surface area contributed by atoms with Crippen molar-refractivity contribution in [3.05, 3.63) is 41.8 Å². The van der Waals surface area contributed by atoms with Crippen molar-refractivity contribution in [1.82, 2.24) is 4.98 Å². The Morgan fingerprint density at radius 2 is 1.88 bits per heavy atom. The van der Waals surface area contributed by atoms with Crippen LogP contribution >= 0.6 is 0 Å². The normalized spacial score (nSPS) is 11.8. The molecule has 0 aliphatic carbocycles. The molecule has 0 bridgehead atoms. The lowest BCUT2D eigenvalue weighted by Gasteiger charge is -2.05. The summed E-state index contributed by atoms with van der Waals surface area (Å²) in [6.07, 6.45) is -4.04. The van der Waals surface area contributed by atoms with Crippen molar-refractivity contribution in [3.63, 3.8) is 0 Å². The molecule has 0 atom stereocenters. The van der Waals surface area contributed by atoms with Crippen molar-refractivity contribution in [1.29, 1.82) is 0 Å². The molecule has 1 aromatic carbocycles. The number of rotatable bonds is 1. The minimum atomic E-state index is -4.92. The first kappa shape index (κ1) is 11.5. The second-order valence-corrected chi connectivity index (χ2v) is 3.39. The maximum atomic E-state index is 12.8. The zero-order chi connectivity index (χ0) is 12.6. The zero-order valence-electron chi connectivity index (χ0n) is 8.25. The molecule has 0 spiro atoms. The fourth-order valence-electron chi connectivity index (χ4n) is 1.40. The van der Waals surface area contributed by atoms with Crippen molar-refractivity contribution < 1.29 is 22.4 Å². The molecule has 6 heteroatoms. The molecule has 0 aliphatic heterocycles. The van der Waals surface area contributed by atoms with Crippen LogP contribution in [0.5, 0.6) is 0 Å². The van der Waals surface area contributed by atoms with Crippen molar-refractivity contribution in [2.75, 3.05) is 0 Å². The lowest BCUT2D eigenvalue weighted by Crippen LogP contribution is -2.22. The van der Waals surface area contributed by atoms with E-state index in [2.05, 4.69) is 4.98 Å². The van der Waals surface area contributed by atoms with Gasteiger partial charge < -0.3 is 0 Å². The third-order valence-corrected chi connectivity index (χ3v) is 2.17. The quantitative estimate of drug-likeness (QED) is 0.569. The van der Waals surface area contributed by atoms with Gasteiger partial charge in [-0.1, -0.05) is 12.1 Å². The third-order valence-electron chi connectivity index (χ3n) is 2.17. The highest BCUT2D eigenvalue weighted by molar-refractivity contribution is 6.02. The van der Waals surface area contributed by atoms with Crippen LogP contribution in [-0.4, -0.2) is 16.9 Å². The number of ketones is 1. The summed E-state index contributed by atoms with van der Waals surface area (Å²) in [7, 11) is 0. The van der Waals surface area contributed by atoms with Crippen LogP contribution in [0.2, 0.25) is 0 Å². The Kier molecular flexibility index (Phi) is 2.57. The van der Waals surface area contributed by atoms with Gasteiger partial charge in [0.05, 0.1) is 11.7 Å². The average molecular weight is 243 g/mol. The number of hydrogen-bond donors (Lipinski definition) is 0. The van der Waals surface area contributed by atoms with Gasteiger partial charge in [0.2, 0.25) is 0 Å². The van der Waals surface area contributed by atoms with E-state index in [9.17, 15) is 22.4 Å². The molecular weight excluding hydrogens is 238 g/mol. The minimum absolute atomic E-state index is 0.140. The van der Waals surface area contributed by atoms with Crippen LogP contribution in [0.1, 0.15) is 10.4 Å². The largest absolute Gasteiger partial charge is 0.454 e. The Morgan fingerprint density at radius 1 is 1.18 bits per heavy atom. The number of benzene rings is 1. The smallest absolute Gasteiger partial charge is 0.284 e. The molecule has 0 saturated carbocycles. The molecule has 1 aromatic heterocycles. The van der Waals surface area contributed by atoms with Crippen molar-refractivity contribution in [2.45, 2.75) is 6.18 Å². The number of Topliss-reactive ketones (excluding diaryl/α,β-unsaturated/α-hetero) is 1. The topological polar surface area (TPSA) is 30.0 Å². The Labute approximate surface area is 92.9 Å².